The Balaban J connectivity index is 1.29. The molecule has 2 saturated heterocycles. The van der Waals surface area contributed by atoms with E-state index in [1.807, 2.05) is 19.2 Å². The summed E-state index contributed by atoms with van der Waals surface area (Å²) in [5.41, 5.74) is 5.64. The van der Waals surface area contributed by atoms with E-state index in [2.05, 4.69) is 45.1 Å². The second kappa shape index (κ2) is 9.93. The summed E-state index contributed by atoms with van der Waals surface area (Å²) in [6, 6.07) is 12.9. The van der Waals surface area contributed by atoms with Crippen molar-refractivity contribution in [1.29, 1.82) is 0 Å². The molecule has 0 aliphatic carbocycles. The first-order chi connectivity index (χ1) is 16.2. The number of nitrogens with one attached hydrogen (secondary N) is 1. The molecule has 0 unspecified atom stereocenters. The predicted molar refractivity (Wildman–Crippen MR) is 129 cm³/mol. The van der Waals surface area contributed by atoms with Crippen LogP contribution in [0.15, 0.2) is 42.6 Å². The van der Waals surface area contributed by atoms with Crippen molar-refractivity contribution < 1.29 is 14.3 Å². The number of H-pyrrole nitrogens is 1. The van der Waals surface area contributed by atoms with Gasteiger partial charge in [-0.15, -0.1) is 0 Å². The lowest BCUT2D eigenvalue weighted by Gasteiger charge is -2.32. The summed E-state index contributed by atoms with van der Waals surface area (Å²) in [5.74, 6) is -0.0197. The summed E-state index contributed by atoms with van der Waals surface area (Å²) in [4.78, 5) is 25.1. The first-order valence-electron chi connectivity index (χ1n) is 12.0. The molecule has 2 aromatic heterocycles. The molecule has 2 fully saturated rings. The smallest absolute Gasteiger partial charge is 0.309 e. The molecular formula is C26H32N4O3. The molecule has 0 radical (unpaired) electrons. The van der Waals surface area contributed by atoms with E-state index in [9.17, 15) is 4.79 Å². The standard InChI is InChI=1S/C26H32N4O3/c1-2-33-26(31)20-8-11-30(12-9-20)22-5-3-19(4-6-22)25-23-17-21(28-24(23)7-10-27-25)18-29-13-15-32-16-14-29/h3-7,10,17,20,28H,2,8-9,11-16,18H2,1H3. The number of nitrogens with zero attached hydrogens (tertiary/aromatic N) is 3. The fourth-order valence-electron chi connectivity index (χ4n) is 4.89. The highest BCUT2D eigenvalue weighted by atomic mass is 16.5. The molecule has 0 saturated carbocycles. The zero-order chi connectivity index (χ0) is 22.6. The van der Waals surface area contributed by atoms with Crippen molar-refractivity contribution in [3.05, 3.63) is 48.3 Å². The Kier molecular flexibility index (Phi) is 6.60. The summed E-state index contributed by atoms with van der Waals surface area (Å²) in [5, 5.41) is 1.16. The Bertz CT molecular complexity index is 1080. The summed E-state index contributed by atoms with van der Waals surface area (Å²) in [6.45, 7) is 8.52. The third-order valence-corrected chi connectivity index (χ3v) is 6.72. The summed E-state index contributed by atoms with van der Waals surface area (Å²) >= 11 is 0. The van der Waals surface area contributed by atoms with Crippen molar-refractivity contribution in [2.75, 3.05) is 50.9 Å². The molecule has 3 aromatic rings. The van der Waals surface area contributed by atoms with Gasteiger partial charge in [0.1, 0.15) is 0 Å². The van der Waals surface area contributed by atoms with Crippen LogP contribution in [-0.2, 0) is 20.8 Å². The van der Waals surface area contributed by atoms with Crippen molar-refractivity contribution in [2.24, 2.45) is 5.92 Å². The Morgan fingerprint density at radius 1 is 1.12 bits per heavy atom. The van der Waals surface area contributed by atoms with E-state index in [1.54, 1.807) is 0 Å². The van der Waals surface area contributed by atoms with Crippen LogP contribution in [0.4, 0.5) is 5.69 Å². The Labute approximate surface area is 194 Å². The molecular weight excluding hydrogens is 416 g/mol. The summed E-state index contributed by atoms with van der Waals surface area (Å²) < 4.78 is 10.7. The van der Waals surface area contributed by atoms with Crippen LogP contribution < -0.4 is 4.90 Å². The number of aromatic amines is 1. The molecule has 5 rings (SSSR count). The number of ether oxygens (including phenoxy) is 2. The topological polar surface area (TPSA) is 70.7 Å². The van der Waals surface area contributed by atoms with E-state index < -0.39 is 0 Å². The maximum atomic E-state index is 12.0. The molecule has 0 atom stereocenters. The minimum absolute atomic E-state index is 0.0301. The molecule has 7 nitrogen and oxygen atoms in total. The number of carbonyl (C=O) groups excluding carboxylic acids is 1. The predicted octanol–water partition coefficient (Wildman–Crippen LogP) is 3.84. The van der Waals surface area contributed by atoms with Crippen LogP contribution in [0, 0.1) is 5.92 Å². The zero-order valence-electron chi connectivity index (χ0n) is 19.3. The minimum atomic E-state index is -0.0499. The number of benzene rings is 1. The average Bonchev–Trinajstić information content (AvgIpc) is 3.27. The number of pyridine rings is 1. The van der Waals surface area contributed by atoms with Crippen LogP contribution in [0.1, 0.15) is 25.5 Å². The maximum absolute atomic E-state index is 12.0. The highest BCUT2D eigenvalue weighted by Gasteiger charge is 2.26. The molecule has 0 bridgehead atoms. The van der Waals surface area contributed by atoms with E-state index in [1.165, 1.54) is 11.4 Å². The largest absolute Gasteiger partial charge is 0.466 e. The second-order valence-electron chi connectivity index (χ2n) is 8.86. The molecule has 1 aromatic carbocycles. The van der Waals surface area contributed by atoms with Crippen LogP contribution in [0.2, 0.25) is 0 Å². The fraction of sp³-hybridized carbons (Fsp3) is 0.462. The van der Waals surface area contributed by atoms with Gasteiger partial charge in [0.2, 0.25) is 0 Å². The van der Waals surface area contributed by atoms with Gasteiger partial charge in [0.05, 0.1) is 31.4 Å². The zero-order valence-corrected chi connectivity index (χ0v) is 19.3. The van der Waals surface area contributed by atoms with Gasteiger partial charge < -0.3 is 19.4 Å². The van der Waals surface area contributed by atoms with Crippen LogP contribution in [0.25, 0.3) is 22.2 Å². The summed E-state index contributed by atoms with van der Waals surface area (Å²) in [7, 11) is 0. The Hall–Kier alpha value is -2.90. The van der Waals surface area contributed by atoms with E-state index in [4.69, 9.17) is 14.5 Å². The molecule has 0 spiro atoms. The minimum Gasteiger partial charge on any atom is -0.466 e. The number of hydrogen-bond acceptors (Lipinski definition) is 6. The molecule has 4 heterocycles. The van der Waals surface area contributed by atoms with E-state index >= 15 is 0 Å². The van der Waals surface area contributed by atoms with E-state index in [0.29, 0.717) is 6.61 Å². The lowest BCUT2D eigenvalue weighted by atomic mass is 9.96. The number of esters is 1. The molecule has 174 valence electrons. The highest BCUT2D eigenvalue weighted by molar-refractivity contribution is 5.93. The molecule has 2 aliphatic rings. The van der Waals surface area contributed by atoms with Crippen molar-refractivity contribution in [3.8, 4) is 11.3 Å². The number of piperidine rings is 1. The summed E-state index contributed by atoms with van der Waals surface area (Å²) in [6.07, 6.45) is 3.56. The third-order valence-electron chi connectivity index (χ3n) is 6.72. The number of aromatic nitrogens is 2. The monoisotopic (exact) mass is 448 g/mol. The van der Waals surface area contributed by atoms with Gasteiger partial charge in [0.25, 0.3) is 0 Å². The SMILES string of the molecule is CCOC(=O)C1CCN(c2ccc(-c3nccc4[nH]c(CN5CCOCC5)cc34)cc2)CC1. The second-order valence-corrected chi connectivity index (χ2v) is 8.86. The normalized spacial score (nSPS) is 18.0. The van der Waals surface area contributed by atoms with Crippen molar-refractivity contribution >= 4 is 22.6 Å². The number of carbonyl (C=O) groups is 1. The molecule has 1 N–H and O–H groups in total. The van der Waals surface area contributed by atoms with Crippen LogP contribution in [0.5, 0.6) is 0 Å². The lowest BCUT2D eigenvalue weighted by molar-refractivity contribution is -0.148. The molecule has 2 aliphatic heterocycles. The van der Waals surface area contributed by atoms with E-state index in [0.717, 1.165) is 80.9 Å². The highest BCUT2D eigenvalue weighted by Crippen LogP contribution is 2.30. The number of anilines is 1. The maximum Gasteiger partial charge on any atom is 0.309 e. The van der Waals surface area contributed by atoms with Crippen molar-refractivity contribution in [3.63, 3.8) is 0 Å². The average molecular weight is 449 g/mol. The number of rotatable bonds is 6. The van der Waals surface area contributed by atoms with Gasteiger partial charge in [-0.2, -0.15) is 0 Å². The number of fused-ring (bicyclic) bond motifs is 1. The van der Waals surface area contributed by atoms with Crippen molar-refractivity contribution in [2.45, 2.75) is 26.3 Å². The lowest BCUT2D eigenvalue weighted by Crippen LogP contribution is -2.36. The first kappa shape index (κ1) is 21.9. The molecule has 33 heavy (non-hydrogen) atoms. The fourth-order valence-corrected chi connectivity index (χ4v) is 4.89. The van der Waals surface area contributed by atoms with E-state index in [-0.39, 0.29) is 11.9 Å². The van der Waals surface area contributed by atoms with Gasteiger partial charge in [-0.05, 0) is 44.0 Å². The van der Waals surface area contributed by atoms with Gasteiger partial charge in [-0.3, -0.25) is 14.7 Å². The Morgan fingerprint density at radius 3 is 2.61 bits per heavy atom. The van der Waals surface area contributed by atoms with Gasteiger partial charge in [-0.1, -0.05) is 12.1 Å². The van der Waals surface area contributed by atoms with Crippen LogP contribution in [-0.4, -0.2) is 66.8 Å². The Morgan fingerprint density at radius 2 is 1.88 bits per heavy atom. The number of hydrogen-bond donors (Lipinski definition) is 1. The van der Waals surface area contributed by atoms with Gasteiger partial charge in [-0.25, -0.2) is 0 Å². The first-order valence-corrected chi connectivity index (χ1v) is 12.0. The van der Waals surface area contributed by atoms with Gasteiger partial charge >= 0.3 is 5.97 Å². The van der Waals surface area contributed by atoms with Crippen LogP contribution in [0.3, 0.4) is 0 Å². The van der Waals surface area contributed by atoms with Gasteiger partial charge in [0.15, 0.2) is 0 Å². The third kappa shape index (κ3) is 4.89. The van der Waals surface area contributed by atoms with Gasteiger partial charge in [0, 0.05) is 66.8 Å². The number of morpholine rings is 1. The molecule has 7 heteroatoms. The molecule has 0 amide bonds. The quantitative estimate of drug-likeness (QED) is 0.578. The van der Waals surface area contributed by atoms with Crippen molar-refractivity contribution in [1.82, 2.24) is 14.9 Å². The van der Waals surface area contributed by atoms with Crippen LogP contribution >= 0.6 is 0 Å².